The largest absolute Gasteiger partial charge is 0.326 e. The molecule has 2 aromatic rings. The van der Waals surface area contributed by atoms with Gasteiger partial charge < -0.3 is 10.2 Å². The maximum atomic E-state index is 12.5. The second kappa shape index (κ2) is 10.0. The first-order chi connectivity index (χ1) is 13.7. The zero-order valence-electron chi connectivity index (χ0n) is 18.0. The van der Waals surface area contributed by atoms with Gasteiger partial charge in [0, 0.05) is 24.3 Å². The van der Waals surface area contributed by atoms with Crippen LogP contribution in [0, 0.1) is 13.8 Å². The zero-order valence-corrected chi connectivity index (χ0v) is 18.8. The fourth-order valence-electron chi connectivity index (χ4n) is 3.33. The monoisotopic (exact) mass is 418 g/mol. The summed E-state index contributed by atoms with van der Waals surface area (Å²) in [5, 5.41) is 2.85. The third-order valence-electron chi connectivity index (χ3n) is 4.93. The van der Waals surface area contributed by atoms with Gasteiger partial charge in [0.1, 0.15) is 6.54 Å². The summed E-state index contributed by atoms with van der Waals surface area (Å²) in [7, 11) is -1.51. The Kier molecular flexibility index (Phi) is 7.96. The van der Waals surface area contributed by atoms with Gasteiger partial charge in [-0.2, -0.15) is 4.31 Å². The molecule has 0 aliphatic rings. The number of nitrogens with one attached hydrogen (secondary N) is 2. The highest BCUT2D eigenvalue weighted by atomic mass is 32.2. The summed E-state index contributed by atoms with van der Waals surface area (Å²) in [4.78, 5) is 13.7. The predicted octanol–water partition coefficient (Wildman–Crippen LogP) is 1.99. The van der Waals surface area contributed by atoms with Crippen molar-refractivity contribution in [2.45, 2.75) is 39.1 Å². The van der Waals surface area contributed by atoms with Crippen LogP contribution < -0.4 is 10.2 Å². The number of hydrogen-bond acceptors (Lipinski definition) is 3. The Morgan fingerprint density at radius 1 is 1.03 bits per heavy atom. The lowest BCUT2D eigenvalue weighted by Gasteiger charge is -2.18. The normalized spacial score (nSPS) is 12.8. The molecule has 0 aromatic heterocycles. The van der Waals surface area contributed by atoms with Crippen molar-refractivity contribution < 1.29 is 18.1 Å². The van der Waals surface area contributed by atoms with Crippen LogP contribution in [0.1, 0.15) is 30.5 Å². The van der Waals surface area contributed by atoms with E-state index in [4.69, 9.17) is 0 Å². The fourth-order valence-corrected chi connectivity index (χ4v) is 4.79. The molecule has 1 atom stereocenters. The van der Waals surface area contributed by atoms with E-state index in [0.29, 0.717) is 25.3 Å². The molecule has 0 spiro atoms. The van der Waals surface area contributed by atoms with Crippen molar-refractivity contribution in [3.63, 3.8) is 0 Å². The van der Waals surface area contributed by atoms with E-state index in [0.717, 1.165) is 11.4 Å². The van der Waals surface area contributed by atoms with Crippen LogP contribution in [-0.4, -0.2) is 45.3 Å². The summed E-state index contributed by atoms with van der Waals surface area (Å²) >= 11 is 0. The molecule has 0 heterocycles. The Morgan fingerprint density at radius 2 is 1.66 bits per heavy atom. The number of benzene rings is 2. The fraction of sp³-hybridized carbons (Fsp3) is 0.409. The van der Waals surface area contributed by atoms with Crippen LogP contribution in [0.25, 0.3) is 0 Å². The van der Waals surface area contributed by atoms with Gasteiger partial charge in [-0.15, -0.1) is 0 Å². The molecule has 2 rings (SSSR count). The molecule has 2 N–H and O–H groups in total. The summed E-state index contributed by atoms with van der Waals surface area (Å²) in [6, 6.07) is 12.7. The van der Waals surface area contributed by atoms with Crippen LogP contribution in [-0.2, 0) is 21.4 Å². The van der Waals surface area contributed by atoms with Gasteiger partial charge in [-0.25, -0.2) is 8.42 Å². The van der Waals surface area contributed by atoms with Crippen molar-refractivity contribution in [2.24, 2.45) is 0 Å². The second-order valence-electron chi connectivity index (χ2n) is 7.40. The molecule has 158 valence electrons. The van der Waals surface area contributed by atoms with Crippen molar-refractivity contribution in [1.82, 2.24) is 4.31 Å². The molecule has 0 saturated carbocycles. The summed E-state index contributed by atoms with van der Waals surface area (Å²) in [5.74, 6) is -0.105. The Morgan fingerprint density at radius 3 is 2.21 bits per heavy atom. The molecule has 7 heteroatoms. The van der Waals surface area contributed by atoms with Crippen LogP contribution >= 0.6 is 0 Å². The van der Waals surface area contributed by atoms with Crippen LogP contribution in [0.3, 0.4) is 0 Å². The third-order valence-corrected chi connectivity index (χ3v) is 7.00. The van der Waals surface area contributed by atoms with Crippen molar-refractivity contribution in [3.8, 4) is 0 Å². The molecule has 0 saturated heterocycles. The van der Waals surface area contributed by atoms with Gasteiger partial charge in [0.15, 0.2) is 6.54 Å². The van der Waals surface area contributed by atoms with E-state index in [1.807, 2.05) is 20.9 Å². The molecule has 0 bridgehead atoms. The maximum absolute atomic E-state index is 12.5. The number of sulfonamides is 1. The molecule has 0 fully saturated rings. The van der Waals surface area contributed by atoms with Crippen molar-refractivity contribution >= 4 is 21.6 Å². The molecule has 0 aliphatic heterocycles. The quantitative estimate of drug-likeness (QED) is 0.654. The average molecular weight is 419 g/mol. The number of carbonyl (C=O) groups is 1. The van der Waals surface area contributed by atoms with Gasteiger partial charge in [-0.05, 0) is 43.7 Å². The van der Waals surface area contributed by atoms with Gasteiger partial charge in [0.2, 0.25) is 10.0 Å². The highest BCUT2D eigenvalue weighted by Crippen LogP contribution is 2.18. The Balaban J connectivity index is 1.97. The number of carbonyl (C=O) groups excluding carboxylic acids is 1. The average Bonchev–Trinajstić information content (AvgIpc) is 2.65. The minimum absolute atomic E-state index is 0.105. The molecule has 0 radical (unpaired) electrons. The summed E-state index contributed by atoms with van der Waals surface area (Å²) < 4.78 is 26.5. The summed E-state index contributed by atoms with van der Waals surface area (Å²) in [6.07, 6.45) is 0. The predicted molar refractivity (Wildman–Crippen MR) is 117 cm³/mol. The highest BCUT2D eigenvalue weighted by Gasteiger charge is 2.21. The van der Waals surface area contributed by atoms with Crippen LogP contribution in [0.4, 0.5) is 5.69 Å². The highest BCUT2D eigenvalue weighted by molar-refractivity contribution is 7.89. The van der Waals surface area contributed by atoms with Crippen molar-refractivity contribution in [1.29, 1.82) is 0 Å². The molecule has 2 aromatic carbocycles. The van der Waals surface area contributed by atoms with Crippen LogP contribution in [0.15, 0.2) is 47.4 Å². The van der Waals surface area contributed by atoms with E-state index >= 15 is 0 Å². The lowest BCUT2D eigenvalue weighted by molar-refractivity contribution is -0.885. The van der Waals surface area contributed by atoms with E-state index in [-0.39, 0.29) is 10.8 Å². The first kappa shape index (κ1) is 23.1. The van der Waals surface area contributed by atoms with E-state index in [1.165, 1.54) is 33.1 Å². The van der Waals surface area contributed by atoms with Gasteiger partial charge in [-0.3, -0.25) is 4.79 Å². The standard InChI is InChI=1S/C22H31N3O3S/c1-6-25(7-2)29(27,28)21-12-10-20(11-13-21)23-22(26)16-24(5)15-19-9-8-17(3)14-18(19)4/h8-14H,6-7,15-16H2,1-5H3,(H,23,26)/p+1. The lowest BCUT2D eigenvalue weighted by Crippen LogP contribution is -3.08. The van der Waals surface area contributed by atoms with Gasteiger partial charge in [-0.1, -0.05) is 37.6 Å². The summed E-state index contributed by atoms with van der Waals surface area (Å²) in [6.45, 7) is 9.72. The van der Waals surface area contributed by atoms with Gasteiger partial charge >= 0.3 is 0 Å². The number of nitrogens with zero attached hydrogens (tertiary/aromatic N) is 1. The number of quaternary nitrogens is 1. The number of amides is 1. The Hall–Kier alpha value is -2.22. The van der Waals surface area contributed by atoms with Crippen molar-refractivity contribution in [3.05, 3.63) is 59.2 Å². The molecule has 0 aliphatic carbocycles. The maximum Gasteiger partial charge on any atom is 0.279 e. The van der Waals surface area contributed by atoms with E-state index in [1.54, 1.807) is 12.1 Å². The number of rotatable bonds is 9. The van der Waals surface area contributed by atoms with Gasteiger partial charge in [0.05, 0.1) is 11.9 Å². The van der Waals surface area contributed by atoms with Crippen LogP contribution in [0.5, 0.6) is 0 Å². The molecule has 1 amide bonds. The van der Waals surface area contributed by atoms with E-state index in [9.17, 15) is 13.2 Å². The topological polar surface area (TPSA) is 70.9 Å². The first-order valence-corrected chi connectivity index (χ1v) is 11.4. The number of anilines is 1. The van der Waals surface area contributed by atoms with E-state index < -0.39 is 10.0 Å². The Bertz CT molecular complexity index is 936. The number of hydrogen-bond donors (Lipinski definition) is 2. The van der Waals surface area contributed by atoms with Crippen molar-refractivity contribution in [2.75, 3.05) is 32.0 Å². The van der Waals surface area contributed by atoms with E-state index in [2.05, 4.69) is 37.4 Å². The van der Waals surface area contributed by atoms with Crippen LogP contribution in [0.2, 0.25) is 0 Å². The molecule has 1 unspecified atom stereocenters. The SMILES string of the molecule is CCN(CC)S(=O)(=O)c1ccc(NC(=O)C[NH+](C)Cc2ccc(C)cc2C)cc1. The lowest BCUT2D eigenvalue weighted by atomic mass is 10.1. The molecule has 29 heavy (non-hydrogen) atoms. The minimum Gasteiger partial charge on any atom is -0.326 e. The number of likely N-dealkylation sites (N-methyl/N-ethyl adjacent to an activating group) is 1. The molecular formula is C22H32N3O3S+. The summed E-state index contributed by atoms with van der Waals surface area (Å²) in [5.41, 5.74) is 4.28. The van der Waals surface area contributed by atoms with Gasteiger partial charge in [0.25, 0.3) is 5.91 Å². The smallest absolute Gasteiger partial charge is 0.279 e. The number of aryl methyl sites for hydroxylation is 2. The third kappa shape index (κ3) is 6.13. The minimum atomic E-state index is -3.49. The molecule has 6 nitrogen and oxygen atoms in total. The second-order valence-corrected chi connectivity index (χ2v) is 9.34. The Labute approximate surface area is 174 Å². The molecular weight excluding hydrogens is 386 g/mol. The first-order valence-electron chi connectivity index (χ1n) is 9.94. The zero-order chi connectivity index (χ0) is 21.6.